The number of nitrogens with zero attached hydrogens (tertiary/aromatic N) is 1. The van der Waals surface area contributed by atoms with E-state index in [0.29, 0.717) is 16.3 Å². The largest absolute Gasteiger partial charge is 0.367 e. The summed E-state index contributed by atoms with van der Waals surface area (Å²) in [5.41, 5.74) is 1.80. The molecular weight excluding hydrogens is 214 g/mol. The van der Waals surface area contributed by atoms with Crippen LogP contribution in [0.25, 0.3) is 6.08 Å². The van der Waals surface area contributed by atoms with E-state index in [9.17, 15) is 4.79 Å². The Labute approximate surface area is 92.0 Å². The van der Waals surface area contributed by atoms with Gasteiger partial charge in [-0.1, -0.05) is 35.0 Å². The van der Waals surface area contributed by atoms with Crippen LogP contribution in [0.4, 0.5) is 0 Å². The predicted octanol–water partition coefficient (Wildman–Crippen LogP) is 2.66. The predicted molar refractivity (Wildman–Crippen MR) is 58.6 cm³/mol. The monoisotopic (exact) mass is 221 g/mol. The van der Waals surface area contributed by atoms with Crippen LogP contribution in [-0.2, 0) is 9.63 Å². The summed E-state index contributed by atoms with van der Waals surface area (Å²) in [5.74, 6) is -0.438. The molecule has 4 heteroatoms. The van der Waals surface area contributed by atoms with E-state index in [0.717, 1.165) is 5.56 Å². The normalized spacial score (nSPS) is 17.9. The second-order valence-electron chi connectivity index (χ2n) is 3.13. The molecule has 0 N–H and O–H groups in total. The third-order valence-corrected chi connectivity index (χ3v) is 2.42. The van der Waals surface area contributed by atoms with Gasteiger partial charge < -0.3 is 4.84 Å². The van der Waals surface area contributed by atoms with E-state index in [4.69, 9.17) is 11.6 Å². The van der Waals surface area contributed by atoms with Gasteiger partial charge in [0.25, 0.3) is 0 Å². The third kappa shape index (κ3) is 1.92. The van der Waals surface area contributed by atoms with E-state index in [1.54, 1.807) is 19.1 Å². The third-order valence-electron chi connectivity index (χ3n) is 2.08. The van der Waals surface area contributed by atoms with Crippen LogP contribution in [0.5, 0.6) is 0 Å². The summed E-state index contributed by atoms with van der Waals surface area (Å²) < 4.78 is 0. The van der Waals surface area contributed by atoms with Crippen molar-refractivity contribution in [1.82, 2.24) is 0 Å². The molecule has 1 aliphatic rings. The fourth-order valence-corrected chi connectivity index (χ4v) is 1.46. The Kier molecular flexibility index (Phi) is 2.56. The second-order valence-corrected chi connectivity index (χ2v) is 3.54. The molecule has 0 aromatic heterocycles. The minimum absolute atomic E-state index is 0.438. The minimum atomic E-state index is -0.438. The number of halogens is 1. The van der Waals surface area contributed by atoms with Crippen LogP contribution in [0.15, 0.2) is 35.0 Å². The number of oxime groups is 1. The highest BCUT2D eigenvalue weighted by Crippen LogP contribution is 2.21. The van der Waals surface area contributed by atoms with E-state index in [-0.39, 0.29) is 0 Å². The lowest BCUT2D eigenvalue weighted by Gasteiger charge is -1.98. The average molecular weight is 222 g/mol. The zero-order valence-corrected chi connectivity index (χ0v) is 8.78. The zero-order valence-electron chi connectivity index (χ0n) is 8.03. The molecule has 0 aliphatic carbocycles. The molecule has 1 aromatic rings. The van der Waals surface area contributed by atoms with Crippen molar-refractivity contribution in [3.05, 3.63) is 40.4 Å². The highest BCUT2D eigenvalue weighted by atomic mass is 35.5. The first kappa shape index (κ1) is 9.93. The van der Waals surface area contributed by atoms with Gasteiger partial charge in [0.15, 0.2) is 0 Å². The van der Waals surface area contributed by atoms with Crippen molar-refractivity contribution in [3.8, 4) is 0 Å². The summed E-state index contributed by atoms with van der Waals surface area (Å²) in [6.07, 6.45) is 1.68. The van der Waals surface area contributed by atoms with Gasteiger partial charge in [-0.3, -0.25) is 0 Å². The van der Waals surface area contributed by atoms with Crippen molar-refractivity contribution in [2.45, 2.75) is 6.92 Å². The molecule has 0 amide bonds. The van der Waals surface area contributed by atoms with Gasteiger partial charge >= 0.3 is 5.97 Å². The van der Waals surface area contributed by atoms with Gasteiger partial charge in [-0.15, -0.1) is 0 Å². The molecule has 0 radical (unpaired) electrons. The highest BCUT2D eigenvalue weighted by Gasteiger charge is 2.21. The van der Waals surface area contributed by atoms with Crippen molar-refractivity contribution < 1.29 is 9.63 Å². The van der Waals surface area contributed by atoms with Crippen molar-refractivity contribution in [1.29, 1.82) is 0 Å². The van der Waals surface area contributed by atoms with E-state index in [1.807, 2.05) is 18.2 Å². The molecular formula is C11H8ClNO2. The summed E-state index contributed by atoms with van der Waals surface area (Å²) in [6, 6.07) is 7.28. The first-order valence-corrected chi connectivity index (χ1v) is 4.79. The van der Waals surface area contributed by atoms with Crippen molar-refractivity contribution >= 4 is 29.4 Å². The Morgan fingerprint density at radius 2 is 2.13 bits per heavy atom. The number of hydrogen-bond donors (Lipinski definition) is 0. The maximum Gasteiger partial charge on any atom is 0.367 e. The number of carbonyl (C=O) groups excluding carboxylic acids is 1. The topological polar surface area (TPSA) is 38.7 Å². The molecule has 0 spiro atoms. The van der Waals surface area contributed by atoms with Crippen LogP contribution in [0, 0.1) is 0 Å². The number of hydrogen-bond acceptors (Lipinski definition) is 3. The Hall–Kier alpha value is -1.61. The van der Waals surface area contributed by atoms with Gasteiger partial charge in [0.05, 0.1) is 11.3 Å². The van der Waals surface area contributed by atoms with E-state index in [2.05, 4.69) is 9.99 Å². The first-order chi connectivity index (χ1) is 7.18. The first-order valence-electron chi connectivity index (χ1n) is 4.41. The van der Waals surface area contributed by atoms with Crippen molar-refractivity contribution in [3.63, 3.8) is 0 Å². The van der Waals surface area contributed by atoms with Gasteiger partial charge in [-0.25, -0.2) is 4.79 Å². The number of benzene rings is 1. The highest BCUT2D eigenvalue weighted by molar-refractivity contribution is 6.33. The van der Waals surface area contributed by atoms with Crippen molar-refractivity contribution in [2.24, 2.45) is 5.16 Å². The zero-order chi connectivity index (χ0) is 10.8. The molecule has 76 valence electrons. The Morgan fingerprint density at radius 1 is 1.40 bits per heavy atom. The molecule has 1 aromatic carbocycles. The Balaban J connectivity index is 2.43. The summed E-state index contributed by atoms with van der Waals surface area (Å²) in [6.45, 7) is 1.72. The molecule has 0 unspecified atom stereocenters. The van der Waals surface area contributed by atoms with Gasteiger partial charge in [0.2, 0.25) is 0 Å². The van der Waals surface area contributed by atoms with Crippen LogP contribution in [0.3, 0.4) is 0 Å². The smallest absolute Gasteiger partial charge is 0.312 e. The van der Waals surface area contributed by atoms with E-state index >= 15 is 0 Å². The standard InChI is InChI=1S/C11H8ClNO2/c1-7-9(11(14)15-13-7)6-8-4-2-3-5-10(8)12/h2-6H,1H3/b9-6+. The lowest BCUT2D eigenvalue weighted by Crippen LogP contribution is -2.01. The van der Waals surface area contributed by atoms with Crippen LogP contribution in [0.1, 0.15) is 12.5 Å². The lowest BCUT2D eigenvalue weighted by atomic mass is 10.1. The summed E-state index contributed by atoms with van der Waals surface area (Å²) >= 11 is 5.96. The molecule has 1 aliphatic heterocycles. The molecule has 0 bridgehead atoms. The quantitative estimate of drug-likeness (QED) is 0.540. The van der Waals surface area contributed by atoms with E-state index < -0.39 is 5.97 Å². The molecule has 0 saturated heterocycles. The molecule has 0 saturated carbocycles. The van der Waals surface area contributed by atoms with E-state index in [1.165, 1.54) is 0 Å². The molecule has 0 atom stereocenters. The molecule has 1 heterocycles. The fourth-order valence-electron chi connectivity index (χ4n) is 1.27. The summed E-state index contributed by atoms with van der Waals surface area (Å²) in [7, 11) is 0. The lowest BCUT2D eigenvalue weighted by molar-refractivity contribution is -0.136. The average Bonchev–Trinajstić information content (AvgIpc) is 2.53. The van der Waals surface area contributed by atoms with Gasteiger partial charge in [-0.2, -0.15) is 0 Å². The maximum atomic E-state index is 11.3. The Bertz CT molecular complexity index is 477. The molecule has 15 heavy (non-hydrogen) atoms. The van der Waals surface area contributed by atoms with Crippen molar-refractivity contribution in [2.75, 3.05) is 0 Å². The number of carbonyl (C=O) groups is 1. The van der Waals surface area contributed by atoms with Gasteiger partial charge in [0, 0.05) is 5.02 Å². The maximum absolute atomic E-state index is 11.3. The van der Waals surface area contributed by atoms with Crippen LogP contribution in [0.2, 0.25) is 5.02 Å². The van der Waals surface area contributed by atoms with Gasteiger partial charge in [-0.05, 0) is 24.6 Å². The fraction of sp³-hybridized carbons (Fsp3) is 0.0909. The SMILES string of the molecule is CC1=NOC(=O)/C1=C/c1ccccc1Cl. The minimum Gasteiger partial charge on any atom is -0.312 e. The van der Waals surface area contributed by atoms with Gasteiger partial charge in [0.1, 0.15) is 0 Å². The number of rotatable bonds is 1. The summed E-state index contributed by atoms with van der Waals surface area (Å²) in [4.78, 5) is 15.8. The van der Waals surface area contributed by atoms with Crippen LogP contribution >= 0.6 is 11.6 Å². The van der Waals surface area contributed by atoms with Crippen LogP contribution in [-0.4, -0.2) is 11.7 Å². The second kappa shape index (κ2) is 3.87. The summed E-state index contributed by atoms with van der Waals surface area (Å²) in [5, 5.41) is 4.18. The molecule has 3 nitrogen and oxygen atoms in total. The molecule has 0 fully saturated rings. The Morgan fingerprint density at radius 3 is 2.73 bits per heavy atom. The van der Waals surface area contributed by atoms with Crippen LogP contribution < -0.4 is 0 Å². The molecule has 2 rings (SSSR count).